The number of methoxy groups -OCH3 is 1. The molecule has 3 aromatic rings. The first-order chi connectivity index (χ1) is 11.7. The van der Waals surface area contributed by atoms with Gasteiger partial charge < -0.3 is 19.7 Å². The van der Waals surface area contributed by atoms with Crippen LogP contribution < -0.4 is 10.5 Å². The van der Waals surface area contributed by atoms with Crippen LogP contribution in [0.3, 0.4) is 0 Å². The first kappa shape index (κ1) is 14.7. The zero-order valence-corrected chi connectivity index (χ0v) is 13.3. The number of fused-ring (bicyclic) bond motifs is 1. The fourth-order valence-electron chi connectivity index (χ4n) is 2.98. The van der Waals surface area contributed by atoms with E-state index in [1.807, 2.05) is 59.7 Å². The van der Waals surface area contributed by atoms with Crippen LogP contribution in [-0.2, 0) is 11.4 Å². The third-order valence-electron chi connectivity index (χ3n) is 4.18. The molecule has 0 bridgehead atoms. The van der Waals surface area contributed by atoms with Crippen molar-refractivity contribution in [2.45, 2.75) is 12.6 Å². The second-order valence-electron chi connectivity index (χ2n) is 5.72. The molecule has 2 aromatic carbocycles. The molecule has 2 N–H and O–H groups in total. The van der Waals surface area contributed by atoms with Gasteiger partial charge in [0.25, 0.3) is 0 Å². The van der Waals surface area contributed by atoms with Gasteiger partial charge in [0.15, 0.2) is 0 Å². The third kappa shape index (κ3) is 2.59. The molecule has 2 heterocycles. The van der Waals surface area contributed by atoms with Gasteiger partial charge in [-0.2, -0.15) is 0 Å². The lowest BCUT2D eigenvalue weighted by Crippen LogP contribution is -2.23. The van der Waals surface area contributed by atoms with Gasteiger partial charge in [-0.15, -0.1) is 5.06 Å². The van der Waals surface area contributed by atoms with Gasteiger partial charge in [-0.05, 0) is 23.8 Å². The van der Waals surface area contributed by atoms with Crippen LogP contribution in [0.25, 0.3) is 11.0 Å². The van der Waals surface area contributed by atoms with E-state index < -0.39 is 0 Å². The topological polar surface area (TPSA) is 60.9 Å². The number of nitrogens with zero attached hydrogens (tertiary/aromatic N) is 1. The normalized spacial score (nSPS) is 17.7. The van der Waals surface area contributed by atoms with Crippen LogP contribution in [0.15, 0.2) is 71.2 Å². The van der Waals surface area contributed by atoms with Crippen LogP contribution in [0.4, 0.5) is 0 Å². The summed E-state index contributed by atoms with van der Waals surface area (Å²) in [6, 6.07) is 15.8. The van der Waals surface area contributed by atoms with Crippen LogP contribution in [-0.4, -0.2) is 12.2 Å². The molecule has 0 spiro atoms. The molecule has 122 valence electrons. The smallest absolute Gasteiger partial charge is 0.207 e. The average molecular weight is 322 g/mol. The molecule has 5 heteroatoms. The second-order valence-corrected chi connectivity index (χ2v) is 5.72. The number of para-hydroxylation sites is 1. The van der Waals surface area contributed by atoms with E-state index in [0.717, 1.165) is 27.8 Å². The zero-order valence-electron chi connectivity index (χ0n) is 13.3. The lowest BCUT2D eigenvalue weighted by molar-refractivity contribution is -0.127. The van der Waals surface area contributed by atoms with Crippen molar-refractivity contribution in [1.29, 1.82) is 0 Å². The van der Waals surface area contributed by atoms with E-state index in [0.29, 0.717) is 12.4 Å². The zero-order chi connectivity index (χ0) is 16.5. The van der Waals surface area contributed by atoms with Crippen molar-refractivity contribution in [1.82, 2.24) is 5.06 Å². The molecule has 1 atom stereocenters. The Kier molecular flexibility index (Phi) is 3.63. The molecule has 0 radical (unpaired) electrons. The van der Waals surface area contributed by atoms with Crippen molar-refractivity contribution < 1.29 is 14.0 Å². The number of rotatable bonds is 4. The highest BCUT2D eigenvalue weighted by Crippen LogP contribution is 2.36. The number of hydrogen-bond acceptors (Lipinski definition) is 5. The van der Waals surface area contributed by atoms with Gasteiger partial charge in [-0.3, -0.25) is 0 Å². The minimum atomic E-state index is -0.0873. The maximum Gasteiger partial charge on any atom is 0.207 e. The molecule has 24 heavy (non-hydrogen) atoms. The molecule has 1 aliphatic heterocycles. The Morgan fingerprint density at radius 2 is 1.92 bits per heavy atom. The SMILES string of the molecule is COc1ccc(CN2OC(N)=CC2c2coc3ccccc23)cc1. The Balaban J connectivity index is 1.63. The van der Waals surface area contributed by atoms with E-state index >= 15 is 0 Å². The standard InChI is InChI=1S/C19H18N2O3/c1-22-14-8-6-13(7-9-14)11-21-17(10-19(20)24-21)16-12-23-18-5-3-2-4-15(16)18/h2-10,12,17H,11,20H2,1H3. The van der Waals surface area contributed by atoms with Crippen molar-refractivity contribution >= 4 is 11.0 Å². The minimum Gasteiger partial charge on any atom is -0.497 e. The molecule has 1 unspecified atom stereocenters. The Labute approximate surface area is 139 Å². The highest BCUT2D eigenvalue weighted by atomic mass is 16.7. The first-order valence-electron chi connectivity index (χ1n) is 7.75. The molecule has 0 saturated heterocycles. The van der Waals surface area contributed by atoms with Gasteiger partial charge in [0.2, 0.25) is 5.88 Å². The van der Waals surface area contributed by atoms with E-state index in [1.54, 1.807) is 13.4 Å². The summed E-state index contributed by atoms with van der Waals surface area (Å²) < 4.78 is 10.9. The summed E-state index contributed by atoms with van der Waals surface area (Å²) in [6.07, 6.45) is 3.68. The van der Waals surface area contributed by atoms with Crippen LogP contribution in [0.2, 0.25) is 0 Å². The highest BCUT2D eigenvalue weighted by molar-refractivity contribution is 5.81. The predicted molar refractivity (Wildman–Crippen MR) is 90.8 cm³/mol. The van der Waals surface area contributed by atoms with Crippen LogP contribution in [0.1, 0.15) is 17.2 Å². The Hall–Kier alpha value is -2.92. The Morgan fingerprint density at radius 3 is 2.71 bits per heavy atom. The summed E-state index contributed by atoms with van der Waals surface area (Å²) in [7, 11) is 1.66. The van der Waals surface area contributed by atoms with Gasteiger partial charge >= 0.3 is 0 Å². The van der Waals surface area contributed by atoms with E-state index in [-0.39, 0.29) is 6.04 Å². The van der Waals surface area contributed by atoms with Crippen LogP contribution in [0.5, 0.6) is 5.75 Å². The first-order valence-corrected chi connectivity index (χ1v) is 7.75. The molecule has 4 rings (SSSR count). The number of nitrogens with two attached hydrogens (primary N) is 1. The highest BCUT2D eigenvalue weighted by Gasteiger charge is 2.30. The fourth-order valence-corrected chi connectivity index (χ4v) is 2.98. The van der Waals surface area contributed by atoms with Gasteiger partial charge in [0, 0.05) is 17.0 Å². The van der Waals surface area contributed by atoms with Crippen molar-refractivity contribution in [3.63, 3.8) is 0 Å². The average Bonchev–Trinajstić information content (AvgIpc) is 3.18. The number of hydroxylamine groups is 2. The summed E-state index contributed by atoms with van der Waals surface area (Å²) >= 11 is 0. The van der Waals surface area contributed by atoms with E-state index in [1.165, 1.54) is 0 Å². The molecule has 0 aliphatic carbocycles. The lowest BCUT2D eigenvalue weighted by Gasteiger charge is -2.22. The fraction of sp³-hybridized carbons (Fsp3) is 0.158. The summed E-state index contributed by atoms with van der Waals surface area (Å²) in [5.74, 6) is 1.23. The van der Waals surface area contributed by atoms with Crippen molar-refractivity contribution in [2.75, 3.05) is 7.11 Å². The van der Waals surface area contributed by atoms with Crippen LogP contribution >= 0.6 is 0 Å². The maximum atomic E-state index is 5.91. The molecule has 1 aliphatic rings. The number of furan rings is 1. The quantitative estimate of drug-likeness (QED) is 0.793. The minimum absolute atomic E-state index is 0.0873. The summed E-state index contributed by atoms with van der Waals surface area (Å²) in [5.41, 5.74) is 8.92. The van der Waals surface area contributed by atoms with Gasteiger partial charge in [-0.1, -0.05) is 30.3 Å². The summed E-state index contributed by atoms with van der Waals surface area (Å²) in [4.78, 5) is 5.71. The summed E-state index contributed by atoms with van der Waals surface area (Å²) in [6.45, 7) is 0.603. The predicted octanol–water partition coefficient (Wildman–Crippen LogP) is 3.73. The van der Waals surface area contributed by atoms with Gasteiger partial charge in [-0.25, -0.2) is 0 Å². The summed E-state index contributed by atoms with van der Waals surface area (Å²) in [5, 5.41) is 2.92. The molecular formula is C19H18N2O3. The van der Waals surface area contributed by atoms with E-state index in [4.69, 9.17) is 19.7 Å². The molecule has 0 amide bonds. The number of hydrogen-bond donors (Lipinski definition) is 1. The maximum absolute atomic E-state index is 5.91. The third-order valence-corrected chi connectivity index (χ3v) is 4.18. The molecule has 5 nitrogen and oxygen atoms in total. The molecular weight excluding hydrogens is 304 g/mol. The molecule has 1 aromatic heterocycles. The van der Waals surface area contributed by atoms with E-state index in [9.17, 15) is 0 Å². The number of ether oxygens (including phenoxy) is 1. The van der Waals surface area contributed by atoms with Gasteiger partial charge in [0.1, 0.15) is 11.3 Å². The monoisotopic (exact) mass is 322 g/mol. The lowest BCUT2D eigenvalue weighted by atomic mass is 10.1. The number of benzene rings is 2. The molecule has 0 fully saturated rings. The Morgan fingerprint density at radius 1 is 1.12 bits per heavy atom. The van der Waals surface area contributed by atoms with E-state index in [2.05, 4.69) is 0 Å². The van der Waals surface area contributed by atoms with Crippen molar-refractivity contribution in [2.24, 2.45) is 5.73 Å². The Bertz CT molecular complexity index is 883. The second kappa shape index (κ2) is 5.94. The molecule has 0 saturated carbocycles. The largest absolute Gasteiger partial charge is 0.497 e. The van der Waals surface area contributed by atoms with Crippen molar-refractivity contribution in [3.05, 3.63) is 77.9 Å². The van der Waals surface area contributed by atoms with Gasteiger partial charge in [0.05, 0.1) is 26.0 Å². The van der Waals surface area contributed by atoms with Crippen LogP contribution in [0, 0.1) is 0 Å². The van der Waals surface area contributed by atoms with Crippen molar-refractivity contribution in [3.8, 4) is 5.75 Å².